The van der Waals surface area contributed by atoms with E-state index in [2.05, 4.69) is 10.3 Å². The second-order valence-corrected chi connectivity index (χ2v) is 4.93. The van der Waals surface area contributed by atoms with E-state index in [4.69, 9.17) is 9.47 Å². The third-order valence-electron chi connectivity index (χ3n) is 2.07. The zero-order valence-corrected chi connectivity index (χ0v) is 11.7. The summed E-state index contributed by atoms with van der Waals surface area (Å²) in [7, 11) is 0. The van der Waals surface area contributed by atoms with Crippen LogP contribution in [0.25, 0.3) is 0 Å². The molecule has 106 valence electrons. The number of rotatable bonds is 5. The predicted octanol–water partition coefficient (Wildman–Crippen LogP) is 1.94. The first kappa shape index (κ1) is 15.1. The summed E-state index contributed by atoms with van der Waals surface area (Å²) in [5.41, 5.74) is -0.163. The van der Waals surface area contributed by atoms with Crippen molar-refractivity contribution in [1.29, 1.82) is 0 Å². The van der Waals surface area contributed by atoms with E-state index in [0.29, 0.717) is 18.0 Å². The Morgan fingerprint density at radius 2 is 2.05 bits per heavy atom. The zero-order valence-electron chi connectivity index (χ0n) is 11.7. The lowest BCUT2D eigenvalue weighted by Crippen LogP contribution is -2.28. The molecule has 0 aliphatic carbocycles. The normalized spacial score (nSPS) is 10.9. The topological polar surface area (TPSA) is 80.4 Å². The van der Waals surface area contributed by atoms with Crippen LogP contribution in [0.5, 0.6) is 0 Å². The molecule has 0 saturated carbocycles. The summed E-state index contributed by atoms with van der Waals surface area (Å²) in [6.45, 7) is 7.40. The SMILES string of the molecule is CCOC(=O)c1cc[nH]c1NCC(=O)OC(C)(C)C. The fraction of sp³-hybridized carbons (Fsp3) is 0.538. The molecule has 1 aromatic heterocycles. The van der Waals surface area contributed by atoms with Gasteiger partial charge < -0.3 is 19.8 Å². The molecule has 0 aliphatic rings. The Morgan fingerprint density at radius 3 is 2.63 bits per heavy atom. The smallest absolute Gasteiger partial charge is 0.341 e. The van der Waals surface area contributed by atoms with Gasteiger partial charge in [-0.3, -0.25) is 4.79 Å². The predicted molar refractivity (Wildman–Crippen MR) is 71.1 cm³/mol. The molecule has 0 spiro atoms. The molecular weight excluding hydrogens is 248 g/mol. The quantitative estimate of drug-likeness (QED) is 0.798. The first-order chi connectivity index (χ1) is 8.83. The van der Waals surface area contributed by atoms with Gasteiger partial charge in [0, 0.05) is 6.20 Å². The van der Waals surface area contributed by atoms with E-state index in [1.165, 1.54) is 0 Å². The van der Waals surface area contributed by atoms with Gasteiger partial charge in [-0.05, 0) is 33.8 Å². The molecule has 2 N–H and O–H groups in total. The molecule has 1 aromatic rings. The second kappa shape index (κ2) is 6.26. The number of hydrogen-bond acceptors (Lipinski definition) is 5. The van der Waals surface area contributed by atoms with Crippen LogP contribution in [0.1, 0.15) is 38.1 Å². The summed E-state index contributed by atoms with van der Waals surface area (Å²) < 4.78 is 10.1. The number of anilines is 1. The van der Waals surface area contributed by atoms with Crippen LogP contribution in [0.2, 0.25) is 0 Å². The van der Waals surface area contributed by atoms with Crippen molar-refractivity contribution in [3.05, 3.63) is 17.8 Å². The van der Waals surface area contributed by atoms with Crippen LogP contribution in [0, 0.1) is 0 Å². The van der Waals surface area contributed by atoms with Crippen LogP contribution in [-0.4, -0.2) is 35.7 Å². The molecule has 6 nitrogen and oxygen atoms in total. The Kier molecular flexibility index (Phi) is 4.97. The van der Waals surface area contributed by atoms with Gasteiger partial charge >= 0.3 is 11.9 Å². The zero-order chi connectivity index (χ0) is 14.5. The van der Waals surface area contributed by atoms with Crippen molar-refractivity contribution in [2.24, 2.45) is 0 Å². The number of aromatic nitrogens is 1. The molecule has 0 aliphatic heterocycles. The molecule has 0 atom stereocenters. The highest BCUT2D eigenvalue weighted by atomic mass is 16.6. The summed E-state index contributed by atoms with van der Waals surface area (Å²) in [5.74, 6) is -0.378. The van der Waals surface area contributed by atoms with E-state index in [1.807, 2.05) is 0 Å². The van der Waals surface area contributed by atoms with Gasteiger partial charge in [-0.2, -0.15) is 0 Å². The number of H-pyrrole nitrogens is 1. The molecule has 0 amide bonds. The molecule has 1 rings (SSSR count). The standard InChI is InChI=1S/C13H20N2O4/c1-5-18-12(17)9-6-7-14-11(9)15-8-10(16)19-13(2,3)4/h6-7,14-15H,5,8H2,1-4H3. The first-order valence-electron chi connectivity index (χ1n) is 6.13. The average Bonchev–Trinajstić information content (AvgIpc) is 2.72. The van der Waals surface area contributed by atoms with Gasteiger partial charge in [0.15, 0.2) is 0 Å². The van der Waals surface area contributed by atoms with Crippen LogP contribution in [0.4, 0.5) is 5.82 Å². The number of esters is 2. The summed E-state index contributed by atoms with van der Waals surface area (Å²) in [6, 6.07) is 1.59. The molecule has 0 unspecified atom stereocenters. The average molecular weight is 268 g/mol. The van der Waals surface area contributed by atoms with Crippen LogP contribution < -0.4 is 5.32 Å². The van der Waals surface area contributed by atoms with E-state index in [1.54, 1.807) is 40.0 Å². The Morgan fingerprint density at radius 1 is 1.37 bits per heavy atom. The highest BCUT2D eigenvalue weighted by molar-refractivity contribution is 5.95. The fourth-order valence-corrected chi connectivity index (χ4v) is 1.43. The molecule has 0 bridgehead atoms. The Hall–Kier alpha value is -1.98. The minimum atomic E-state index is -0.529. The van der Waals surface area contributed by atoms with Crippen molar-refractivity contribution in [1.82, 2.24) is 4.98 Å². The number of ether oxygens (including phenoxy) is 2. The van der Waals surface area contributed by atoms with E-state index >= 15 is 0 Å². The molecule has 0 aromatic carbocycles. The molecule has 0 saturated heterocycles. The monoisotopic (exact) mass is 268 g/mol. The fourth-order valence-electron chi connectivity index (χ4n) is 1.43. The van der Waals surface area contributed by atoms with E-state index in [0.717, 1.165) is 0 Å². The van der Waals surface area contributed by atoms with Crippen LogP contribution in [-0.2, 0) is 14.3 Å². The van der Waals surface area contributed by atoms with Crippen LogP contribution in [0.15, 0.2) is 12.3 Å². The molecular formula is C13H20N2O4. The summed E-state index contributed by atoms with van der Waals surface area (Å²) in [4.78, 5) is 26.0. The highest BCUT2D eigenvalue weighted by Crippen LogP contribution is 2.14. The molecule has 6 heteroatoms. The summed E-state index contributed by atoms with van der Waals surface area (Å²) >= 11 is 0. The lowest BCUT2D eigenvalue weighted by Gasteiger charge is -2.19. The van der Waals surface area contributed by atoms with E-state index < -0.39 is 17.5 Å². The Balaban J connectivity index is 2.57. The van der Waals surface area contributed by atoms with Gasteiger partial charge in [0.05, 0.1) is 6.61 Å². The van der Waals surface area contributed by atoms with Crippen LogP contribution in [0.3, 0.4) is 0 Å². The molecule has 1 heterocycles. The Bertz CT molecular complexity index is 446. The molecule has 19 heavy (non-hydrogen) atoms. The van der Waals surface area contributed by atoms with Crippen molar-refractivity contribution in [2.75, 3.05) is 18.5 Å². The van der Waals surface area contributed by atoms with Gasteiger partial charge in [-0.15, -0.1) is 0 Å². The van der Waals surface area contributed by atoms with E-state index in [-0.39, 0.29) is 6.54 Å². The van der Waals surface area contributed by atoms with Gasteiger partial charge in [0.25, 0.3) is 0 Å². The van der Waals surface area contributed by atoms with Gasteiger partial charge in [0.2, 0.25) is 0 Å². The number of hydrogen-bond donors (Lipinski definition) is 2. The van der Waals surface area contributed by atoms with Crippen molar-refractivity contribution >= 4 is 17.8 Å². The lowest BCUT2D eigenvalue weighted by atomic mass is 10.2. The second-order valence-electron chi connectivity index (χ2n) is 4.93. The van der Waals surface area contributed by atoms with Crippen molar-refractivity contribution < 1.29 is 19.1 Å². The summed E-state index contributed by atoms with van der Waals surface area (Å²) in [6.07, 6.45) is 1.60. The van der Waals surface area contributed by atoms with Crippen LogP contribution >= 0.6 is 0 Å². The molecule has 0 radical (unpaired) electrons. The number of nitrogens with one attached hydrogen (secondary N) is 2. The number of aromatic amines is 1. The van der Waals surface area contributed by atoms with Gasteiger partial charge in [-0.25, -0.2) is 4.79 Å². The van der Waals surface area contributed by atoms with Crippen molar-refractivity contribution in [3.63, 3.8) is 0 Å². The largest absolute Gasteiger partial charge is 0.462 e. The van der Waals surface area contributed by atoms with Crippen molar-refractivity contribution in [3.8, 4) is 0 Å². The van der Waals surface area contributed by atoms with Gasteiger partial charge in [-0.1, -0.05) is 0 Å². The maximum absolute atomic E-state index is 11.6. The van der Waals surface area contributed by atoms with E-state index in [9.17, 15) is 9.59 Å². The minimum absolute atomic E-state index is 0.0236. The highest BCUT2D eigenvalue weighted by Gasteiger charge is 2.18. The van der Waals surface area contributed by atoms with Gasteiger partial charge in [0.1, 0.15) is 23.5 Å². The Labute approximate surface area is 112 Å². The van der Waals surface area contributed by atoms with Crippen molar-refractivity contribution in [2.45, 2.75) is 33.3 Å². The third-order valence-corrected chi connectivity index (χ3v) is 2.07. The minimum Gasteiger partial charge on any atom is -0.462 e. The maximum Gasteiger partial charge on any atom is 0.341 e. The first-order valence-corrected chi connectivity index (χ1v) is 6.13. The lowest BCUT2D eigenvalue weighted by molar-refractivity contribution is -0.152. The summed E-state index contributed by atoms with van der Waals surface area (Å²) in [5, 5.41) is 2.82. The maximum atomic E-state index is 11.6. The molecule has 0 fully saturated rings. The number of carbonyl (C=O) groups excluding carboxylic acids is 2. The third kappa shape index (κ3) is 5.03. The number of carbonyl (C=O) groups is 2.